The van der Waals surface area contributed by atoms with Gasteiger partial charge in [-0.05, 0) is 49.1 Å². The van der Waals surface area contributed by atoms with Crippen LogP contribution in [0.2, 0.25) is 0 Å². The number of amides is 4. The first-order valence-electron chi connectivity index (χ1n) is 14.6. The molecule has 3 atom stereocenters. The van der Waals surface area contributed by atoms with Crippen molar-refractivity contribution in [3.05, 3.63) is 84.2 Å². The predicted octanol–water partition coefficient (Wildman–Crippen LogP) is 2.78. The number of carbonyl (C=O) groups excluding carboxylic acids is 4. The summed E-state index contributed by atoms with van der Waals surface area (Å²) in [6.45, 7) is 2.40. The first-order chi connectivity index (χ1) is 20.7. The average molecular weight is 584 g/mol. The molecule has 5 rings (SSSR count). The van der Waals surface area contributed by atoms with Crippen LogP contribution in [0.5, 0.6) is 5.75 Å². The SMILES string of the molecule is C[C@@H]1C(=O)N[C@@H](Cc2ccccc2)C(=O)N(C)CC(=O)N2CCC[C@H]2COc2cccc(c2)-c2cncc(c2)C(=O)N1C. The Morgan fingerprint density at radius 3 is 2.49 bits per heavy atom. The Bertz CT molecular complexity index is 1500. The van der Waals surface area contributed by atoms with E-state index >= 15 is 0 Å². The van der Waals surface area contributed by atoms with Crippen LogP contribution < -0.4 is 10.1 Å². The first kappa shape index (κ1) is 29.8. The van der Waals surface area contributed by atoms with Crippen LogP contribution in [-0.4, -0.2) is 95.2 Å². The summed E-state index contributed by atoms with van der Waals surface area (Å²) < 4.78 is 6.14. The number of benzene rings is 2. The van der Waals surface area contributed by atoms with Gasteiger partial charge >= 0.3 is 0 Å². The van der Waals surface area contributed by atoms with Crippen molar-refractivity contribution in [3.8, 4) is 16.9 Å². The monoisotopic (exact) mass is 583 g/mol. The highest BCUT2D eigenvalue weighted by atomic mass is 16.5. The molecule has 3 aromatic rings. The van der Waals surface area contributed by atoms with E-state index < -0.39 is 18.0 Å². The molecule has 2 aliphatic rings. The fourth-order valence-electron chi connectivity index (χ4n) is 5.55. The van der Waals surface area contributed by atoms with Crippen LogP contribution in [0.3, 0.4) is 0 Å². The summed E-state index contributed by atoms with van der Waals surface area (Å²) in [5.41, 5.74) is 2.74. The maximum atomic E-state index is 13.7. The topological polar surface area (TPSA) is 112 Å². The van der Waals surface area contributed by atoms with Crippen LogP contribution in [0.15, 0.2) is 73.1 Å². The molecular weight excluding hydrogens is 546 g/mol. The molecule has 1 fully saturated rings. The minimum Gasteiger partial charge on any atom is -0.491 e. The third kappa shape index (κ3) is 6.85. The highest BCUT2D eigenvalue weighted by molar-refractivity contribution is 5.99. The molecule has 4 bridgehead atoms. The van der Waals surface area contributed by atoms with Crippen LogP contribution in [0.1, 0.15) is 35.7 Å². The lowest BCUT2D eigenvalue weighted by molar-refractivity contribution is -0.142. The van der Waals surface area contributed by atoms with Crippen molar-refractivity contribution in [2.24, 2.45) is 0 Å². The largest absolute Gasteiger partial charge is 0.491 e. The Labute approximate surface area is 251 Å². The van der Waals surface area contributed by atoms with Crippen LogP contribution in [-0.2, 0) is 20.8 Å². The van der Waals surface area contributed by atoms with Gasteiger partial charge in [0.1, 0.15) is 24.4 Å². The van der Waals surface area contributed by atoms with E-state index in [0.29, 0.717) is 24.5 Å². The Morgan fingerprint density at radius 2 is 1.70 bits per heavy atom. The molecule has 0 unspecified atom stereocenters. The number of ether oxygens (including phenoxy) is 1. The molecule has 0 aliphatic carbocycles. The number of hydrogen-bond donors (Lipinski definition) is 1. The van der Waals surface area contributed by atoms with Gasteiger partial charge in [0, 0.05) is 45.0 Å². The normalized spacial score (nSPS) is 22.1. The molecule has 2 aliphatic heterocycles. The highest BCUT2D eigenvalue weighted by Crippen LogP contribution is 2.26. The lowest BCUT2D eigenvalue weighted by atomic mass is 10.0. The number of fused-ring (bicyclic) bond motifs is 6. The number of nitrogens with zero attached hydrogens (tertiary/aromatic N) is 4. The van der Waals surface area contributed by atoms with E-state index in [1.54, 1.807) is 38.2 Å². The second-order valence-corrected chi connectivity index (χ2v) is 11.2. The van der Waals surface area contributed by atoms with E-state index in [9.17, 15) is 19.2 Å². The third-order valence-corrected chi connectivity index (χ3v) is 8.22. The fourth-order valence-corrected chi connectivity index (χ4v) is 5.55. The Morgan fingerprint density at radius 1 is 0.930 bits per heavy atom. The molecule has 1 saturated heterocycles. The average Bonchev–Trinajstić information content (AvgIpc) is 3.51. The van der Waals surface area contributed by atoms with Gasteiger partial charge in [-0.25, -0.2) is 0 Å². The standard InChI is InChI=1S/C33H37N5O5/c1-22-31(40)35-29(15-23-9-5-4-6-10-23)33(42)36(2)20-30(39)38-14-8-12-27(38)21-43-28-13-7-11-24(17-28)25-16-26(19-34-18-25)32(41)37(22)3/h4-7,9-11,13,16-19,22,27,29H,8,12,14-15,20-21H2,1-3H3,(H,35,40)/t22-,27+,29+/m1/s1. The summed E-state index contributed by atoms with van der Waals surface area (Å²) in [5.74, 6) is -0.777. The number of pyridine rings is 1. The van der Waals surface area contributed by atoms with Gasteiger partial charge < -0.3 is 24.8 Å². The van der Waals surface area contributed by atoms with Gasteiger partial charge in [0.2, 0.25) is 17.7 Å². The molecule has 10 heteroatoms. The Kier molecular flexibility index (Phi) is 9.04. The van der Waals surface area contributed by atoms with Crippen molar-refractivity contribution in [3.63, 3.8) is 0 Å². The van der Waals surface area contributed by atoms with Crippen molar-refractivity contribution < 1.29 is 23.9 Å². The van der Waals surface area contributed by atoms with Gasteiger partial charge in [0.25, 0.3) is 5.91 Å². The van der Waals surface area contributed by atoms with Gasteiger partial charge in [-0.3, -0.25) is 24.2 Å². The maximum absolute atomic E-state index is 13.7. The van der Waals surface area contributed by atoms with Gasteiger partial charge in [-0.2, -0.15) is 0 Å². The van der Waals surface area contributed by atoms with Gasteiger partial charge in [-0.15, -0.1) is 0 Å². The minimum absolute atomic E-state index is 0.121. The van der Waals surface area contributed by atoms with Crippen molar-refractivity contribution in [2.45, 2.75) is 44.3 Å². The summed E-state index contributed by atoms with van der Waals surface area (Å²) in [6, 6.07) is 16.7. The zero-order valence-corrected chi connectivity index (χ0v) is 24.7. The second kappa shape index (κ2) is 13.1. The molecule has 10 nitrogen and oxygen atoms in total. The summed E-state index contributed by atoms with van der Waals surface area (Å²) in [4.78, 5) is 62.8. The van der Waals surface area contributed by atoms with Gasteiger partial charge in [-0.1, -0.05) is 42.5 Å². The zero-order valence-electron chi connectivity index (χ0n) is 24.7. The molecule has 0 spiro atoms. The zero-order chi connectivity index (χ0) is 30.5. The van der Waals surface area contributed by atoms with E-state index in [1.165, 1.54) is 16.0 Å². The van der Waals surface area contributed by atoms with Crippen molar-refractivity contribution in [2.75, 3.05) is 33.8 Å². The Hall–Kier alpha value is -4.73. The number of carbonyl (C=O) groups is 4. The summed E-state index contributed by atoms with van der Waals surface area (Å²) >= 11 is 0. The quantitative estimate of drug-likeness (QED) is 0.497. The number of aromatic nitrogens is 1. The highest BCUT2D eigenvalue weighted by Gasteiger charge is 2.33. The van der Waals surface area contributed by atoms with Crippen molar-refractivity contribution in [1.29, 1.82) is 0 Å². The predicted molar refractivity (Wildman–Crippen MR) is 161 cm³/mol. The second-order valence-electron chi connectivity index (χ2n) is 11.2. The third-order valence-electron chi connectivity index (χ3n) is 8.22. The van der Waals surface area contributed by atoms with Crippen molar-refractivity contribution >= 4 is 23.6 Å². The lowest BCUT2D eigenvalue weighted by Gasteiger charge is -2.30. The summed E-state index contributed by atoms with van der Waals surface area (Å²) in [5, 5.41) is 2.86. The molecule has 43 heavy (non-hydrogen) atoms. The summed E-state index contributed by atoms with van der Waals surface area (Å²) in [6.07, 6.45) is 5.03. The van der Waals surface area contributed by atoms with Crippen LogP contribution in [0, 0.1) is 0 Å². The molecule has 0 saturated carbocycles. The van der Waals surface area contributed by atoms with E-state index in [2.05, 4.69) is 10.3 Å². The minimum atomic E-state index is -0.933. The molecule has 3 heterocycles. The molecule has 2 aromatic carbocycles. The Balaban J connectivity index is 1.48. The molecule has 0 radical (unpaired) electrons. The number of hydrogen-bond acceptors (Lipinski definition) is 6. The molecular formula is C33H37N5O5. The lowest BCUT2D eigenvalue weighted by Crippen LogP contribution is -2.55. The summed E-state index contributed by atoms with van der Waals surface area (Å²) in [7, 11) is 3.12. The molecule has 4 amide bonds. The first-order valence-corrected chi connectivity index (χ1v) is 14.6. The smallest absolute Gasteiger partial charge is 0.255 e. The molecule has 1 aromatic heterocycles. The number of likely N-dealkylation sites (N-methyl/N-ethyl adjacent to an activating group) is 2. The van der Waals surface area contributed by atoms with Gasteiger partial charge in [0.15, 0.2) is 0 Å². The molecule has 224 valence electrons. The van der Waals surface area contributed by atoms with Crippen molar-refractivity contribution in [1.82, 2.24) is 25.0 Å². The fraction of sp³-hybridized carbons (Fsp3) is 0.364. The number of nitrogens with one attached hydrogen (secondary N) is 1. The van der Waals surface area contributed by atoms with Crippen LogP contribution >= 0.6 is 0 Å². The van der Waals surface area contributed by atoms with Gasteiger partial charge in [0.05, 0.1) is 18.2 Å². The van der Waals surface area contributed by atoms with Crippen LogP contribution in [0.25, 0.3) is 11.1 Å². The number of rotatable bonds is 2. The maximum Gasteiger partial charge on any atom is 0.255 e. The molecule has 1 N–H and O–H groups in total. The van der Waals surface area contributed by atoms with E-state index in [1.807, 2.05) is 54.6 Å². The van der Waals surface area contributed by atoms with Crippen LogP contribution in [0.4, 0.5) is 0 Å². The van der Waals surface area contributed by atoms with E-state index in [0.717, 1.165) is 29.5 Å². The van der Waals surface area contributed by atoms with E-state index in [4.69, 9.17) is 4.74 Å². The van der Waals surface area contributed by atoms with E-state index in [-0.39, 0.29) is 36.7 Å².